The second kappa shape index (κ2) is 5.90. The highest BCUT2D eigenvalue weighted by Crippen LogP contribution is 2.10. The highest BCUT2D eigenvalue weighted by atomic mass is 16.6. The fourth-order valence-electron chi connectivity index (χ4n) is 0.772. The van der Waals surface area contributed by atoms with E-state index in [1.54, 1.807) is 6.92 Å². The van der Waals surface area contributed by atoms with Crippen LogP contribution in [0.4, 0.5) is 0 Å². The maximum absolute atomic E-state index is 10.6. The van der Waals surface area contributed by atoms with Crippen molar-refractivity contribution in [3.05, 3.63) is 11.5 Å². The van der Waals surface area contributed by atoms with E-state index in [1.807, 2.05) is 0 Å². The Hall–Kier alpha value is -1.65. The standard InChI is InChI=1S/C9H12O5/c1-4-8(13-6(2)11)9(5-10)14-7(3)12/h5H,4H2,1-3H3. The second-order valence-corrected chi connectivity index (χ2v) is 2.45. The van der Waals surface area contributed by atoms with Crippen LogP contribution in [-0.4, -0.2) is 18.2 Å². The molecule has 0 rings (SSSR count). The molecule has 0 aromatic heterocycles. The zero-order valence-corrected chi connectivity index (χ0v) is 8.33. The fraction of sp³-hybridized carbons (Fsp3) is 0.444. The summed E-state index contributed by atoms with van der Waals surface area (Å²) in [5.41, 5.74) is 0. The Morgan fingerprint density at radius 2 is 1.64 bits per heavy atom. The van der Waals surface area contributed by atoms with Crippen LogP contribution in [0.5, 0.6) is 0 Å². The van der Waals surface area contributed by atoms with Gasteiger partial charge in [-0.2, -0.15) is 0 Å². The number of hydrogen-bond donors (Lipinski definition) is 0. The van der Waals surface area contributed by atoms with Crippen molar-refractivity contribution in [3.63, 3.8) is 0 Å². The quantitative estimate of drug-likeness (QED) is 0.292. The van der Waals surface area contributed by atoms with Crippen LogP contribution in [0.15, 0.2) is 11.5 Å². The van der Waals surface area contributed by atoms with Crippen LogP contribution in [-0.2, 0) is 23.9 Å². The number of carbonyl (C=O) groups is 3. The molecule has 0 bridgehead atoms. The van der Waals surface area contributed by atoms with Crippen LogP contribution in [0.1, 0.15) is 27.2 Å². The zero-order chi connectivity index (χ0) is 11.1. The average molecular weight is 200 g/mol. The fourth-order valence-corrected chi connectivity index (χ4v) is 0.772. The number of rotatable bonds is 4. The Morgan fingerprint density at radius 3 is 1.93 bits per heavy atom. The number of allylic oxidation sites excluding steroid dienone is 2. The van der Waals surface area contributed by atoms with Crippen molar-refractivity contribution in [2.75, 3.05) is 0 Å². The largest absolute Gasteiger partial charge is 0.427 e. The van der Waals surface area contributed by atoms with Gasteiger partial charge >= 0.3 is 11.9 Å². The molecule has 0 spiro atoms. The van der Waals surface area contributed by atoms with Gasteiger partial charge in [-0.25, -0.2) is 0 Å². The van der Waals surface area contributed by atoms with E-state index >= 15 is 0 Å². The highest BCUT2D eigenvalue weighted by Gasteiger charge is 2.11. The number of esters is 2. The third-order valence-corrected chi connectivity index (χ3v) is 1.22. The number of carbonyl (C=O) groups excluding carboxylic acids is 3. The van der Waals surface area contributed by atoms with Gasteiger partial charge in [0.25, 0.3) is 0 Å². The third kappa shape index (κ3) is 4.39. The SMILES string of the molecule is CCC(OC(C)=O)=C(C=O)OC(C)=O. The Kier molecular flexibility index (Phi) is 5.21. The van der Waals surface area contributed by atoms with E-state index in [9.17, 15) is 14.4 Å². The first-order valence-electron chi connectivity index (χ1n) is 4.06. The normalized spacial score (nSPS) is 11.4. The van der Waals surface area contributed by atoms with Gasteiger partial charge in [-0.3, -0.25) is 14.4 Å². The molecule has 0 atom stereocenters. The predicted molar refractivity (Wildman–Crippen MR) is 46.9 cm³/mol. The molecule has 0 radical (unpaired) electrons. The summed E-state index contributed by atoms with van der Waals surface area (Å²) in [5.74, 6) is -1.39. The van der Waals surface area contributed by atoms with Crippen molar-refractivity contribution >= 4 is 18.2 Å². The molecule has 0 saturated carbocycles. The molecule has 78 valence electrons. The molecule has 0 N–H and O–H groups in total. The van der Waals surface area contributed by atoms with Crippen LogP contribution >= 0.6 is 0 Å². The van der Waals surface area contributed by atoms with Crippen LogP contribution in [0, 0.1) is 0 Å². The summed E-state index contributed by atoms with van der Waals surface area (Å²) in [6.07, 6.45) is 0.629. The van der Waals surface area contributed by atoms with Crippen molar-refractivity contribution in [3.8, 4) is 0 Å². The molecule has 0 aliphatic heterocycles. The summed E-state index contributed by atoms with van der Waals surface area (Å²) in [7, 11) is 0. The Balaban J connectivity index is 4.80. The first-order valence-corrected chi connectivity index (χ1v) is 4.06. The van der Waals surface area contributed by atoms with E-state index in [1.165, 1.54) is 6.92 Å². The first-order chi connectivity index (χ1) is 6.51. The van der Waals surface area contributed by atoms with Crippen LogP contribution in [0.3, 0.4) is 0 Å². The lowest BCUT2D eigenvalue weighted by atomic mass is 10.3. The maximum atomic E-state index is 10.6. The smallest absolute Gasteiger partial charge is 0.308 e. The highest BCUT2D eigenvalue weighted by molar-refractivity contribution is 5.79. The Bertz CT molecular complexity index is 277. The minimum Gasteiger partial charge on any atom is -0.427 e. The van der Waals surface area contributed by atoms with Gasteiger partial charge in [0.05, 0.1) is 0 Å². The van der Waals surface area contributed by atoms with Crippen LogP contribution in [0.25, 0.3) is 0 Å². The van der Waals surface area contributed by atoms with E-state index in [4.69, 9.17) is 0 Å². The Morgan fingerprint density at radius 1 is 1.14 bits per heavy atom. The van der Waals surface area contributed by atoms with Crippen molar-refractivity contribution < 1.29 is 23.9 Å². The van der Waals surface area contributed by atoms with E-state index in [0.717, 1.165) is 6.92 Å². The molecule has 0 amide bonds. The van der Waals surface area contributed by atoms with Gasteiger partial charge in [0.15, 0.2) is 12.0 Å². The molecule has 0 aliphatic rings. The first kappa shape index (κ1) is 12.3. The lowest BCUT2D eigenvalue weighted by Gasteiger charge is -2.07. The molecule has 0 fully saturated rings. The van der Waals surface area contributed by atoms with Crippen LogP contribution in [0.2, 0.25) is 0 Å². The maximum Gasteiger partial charge on any atom is 0.308 e. The van der Waals surface area contributed by atoms with Gasteiger partial charge in [0.2, 0.25) is 5.76 Å². The monoisotopic (exact) mass is 200 g/mol. The summed E-state index contributed by atoms with van der Waals surface area (Å²) in [6, 6.07) is 0. The third-order valence-electron chi connectivity index (χ3n) is 1.22. The predicted octanol–water partition coefficient (Wildman–Crippen LogP) is 0.933. The van der Waals surface area contributed by atoms with Gasteiger partial charge in [0.1, 0.15) is 0 Å². The molecule has 14 heavy (non-hydrogen) atoms. The average Bonchev–Trinajstić information content (AvgIpc) is 2.10. The van der Waals surface area contributed by atoms with Crippen molar-refractivity contribution in [1.82, 2.24) is 0 Å². The molecule has 0 aliphatic carbocycles. The van der Waals surface area contributed by atoms with Crippen molar-refractivity contribution in [2.45, 2.75) is 27.2 Å². The van der Waals surface area contributed by atoms with Crippen molar-refractivity contribution in [2.24, 2.45) is 0 Å². The summed E-state index contributed by atoms with van der Waals surface area (Å²) in [6.45, 7) is 4.03. The topological polar surface area (TPSA) is 69.7 Å². The molecule has 0 unspecified atom stereocenters. The van der Waals surface area contributed by atoms with Crippen molar-refractivity contribution in [1.29, 1.82) is 0 Å². The summed E-state index contributed by atoms with van der Waals surface area (Å²) >= 11 is 0. The summed E-state index contributed by atoms with van der Waals surface area (Å²) in [4.78, 5) is 31.7. The minimum absolute atomic E-state index is 0.0581. The molecule has 5 nitrogen and oxygen atoms in total. The van der Waals surface area contributed by atoms with Gasteiger partial charge in [0, 0.05) is 20.3 Å². The van der Waals surface area contributed by atoms with Gasteiger partial charge in [-0.15, -0.1) is 0 Å². The molecular formula is C9H12O5. The molecule has 0 saturated heterocycles. The zero-order valence-electron chi connectivity index (χ0n) is 8.33. The van der Waals surface area contributed by atoms with E-state index < -0.39 is 11.9 Å². The molecular weight excluding hydrogens is 188 g/mol. The lowest BCUT2D eigenvalue weighted by molar-refractivity contribution is -0.142. The second-order valence-electron chi connectivity index (χ2n) is 2.45. The Labute approximate surface area is 81.7 Å². The van der Waals surface area contributed by atoms with E-state index in [-0.39, 0.29) is 11.5 Å². The van der Waals surface area contributed by atoms with Gasteiger partial charge in [-0.1, -0.05) is 6.92 Å². The molecule has 0 aromatic carbocycles. The van der Waals surface area contributed by atoms with Crippen LogP contribution < -0.4 is 0 Å². The summed E-state index contributed by atoms with van der Waals surface area (Å²) in [5, 5.41) is 0. The number of hydrogen-bond acceptors (Lipinski definition) is 5. The lowest BCUT2D eigenvalue weighted by Crippen LogP contribution is -2.08. The van der Waals surface area contributed by atoms with Gasteiger partial charge in [-0.05, 0) is 0 Å². The number of aldehydes is 1. The summed E-state index contributed by atoms with van der Waals surface area (Å²) < 4.78 is 9.23. The molecule has 0 heterocycles. The molecule has 5 heteroatoms. The molecule has 0 aromatic rings. The van der Waals surface area contributed by atoms with Gasteiger partial charge < -0.3 is 9.47 Å². The van der Waals surface area contributed by atoms with E-state index in [2.05, 4.69) is 9.47 Å². The van der Waals surface area contributed by atoms with E-state index in [0.29, 0.717) is 12.7 Å². The number of ether oxygens (including phenoxy) is 2. The minimum atomic E-state index is -0.634.